The fraction of sp³-hybridized carbons (Fsp3) is 0.667. The lowest BCUT2D eigenvalue weighted by atomic mass is 9.94. The molecule has 0 aromatic rings. The van der Waals surface area contributed by atoms with Crippen LogP contribution in [0.2, 0.25) is 0 Å². The number of rotatable bonds is 5. The van der Waals surface area contributed by atoms with Gasteiger partial charge in [0, 0.05) is 0 Å². The summed E-state index contributed by atoms with van der Waals surface area (Å²) in [5.74, 6) is 1.02. The van der Waals surface area contributed by atoms with Crippen LogP contribution in [0.15, 0.2) is 24.0 Å². The topological polar surface area (TPSA) is 21.8 Å². The highest BCUT2D eigenvalue weighted by molar-refractivity contribution is 5.35. The zero-order chi connectivity index (χ0) is 10.0. The first-order valence-electron chi connectivity index (χ1n) is 5.52. The molecule has 0 bridgehead atoms. The predicted molar refractivity (Wildman–Crippen MR) is 56.0 cm³/mol. The Labute approximate surface area is 85.6 Å². The highest BCUT2D eigenvalue weighted by atomic mass is 16.6. The van der Waals surface area contributed by atoms with E-state index >= 15 is 0 Å². The van der Waals surface area contributed by atoms with Gasteiger partial charge in [0.05, 0.1) is 6.61 Å². The van der Waals surface area contributed by atoms with E-state index in [1.165, 1.54) is 0 Å². The van der Waals surface area contributed by atoms with Crippen molar-refractivity contribution in [1.82, 2.24) is 0 Å². The zero-order valence-corrected chi connectivity index (χ0v) is 8.95. The molecule has 0 amide bonds. The summed E-state index contributed by atoms with van der Waals surface area (Å²) in [6, 6.07) is 0. The van der Waals surface area contributed by atoms with E-state index in [4.69, 9.17) is 9.47 Å². The number of ether oxygens (including phenoxy) is 2. The molecule has 0 aromatic heterocycles. The molecule has 2 rings (SSSR count). The van der Waals surface area contributed by atoms with E-state index in [0.29, 0.717) is 0 Å². The maximum absolute atomic E-state index is 5.74. The molecule has 2 heteroatoms. The Bertz CT molecular complexity index is 267. The fourth-order valence-electron chi connectivity index (χ4n) is 2.01. The Morgan fingerprint density at radius 2 is 2.29 bits per heavy atom. The van der Waals surface area contributed by atoms with Crippen LogP contribution in [0.4, 0.5) is 0 Å². The molecule has 2 unspecified atom stereocenters. The lowest BCUT2D eigenvalue weighted by Gasteiger charge is -2.12. The van der Waals surface area contributed by atoms with Gasteiger partial charge in [-0.05, 0) is 25.0 Å². The standard InChI is InChI=1S/C12H18O2/c1-3-7-12-8-5-6-10(11(12)14-12)13-9-4-2/h5-6,8,11H,3-4,7,9H2,1-2H3. The van der Waals surface area contributed by atoms with E-state index in [0.717, 1.165) is 31.6 Å². The van der Waals surface area contributed by atoms with Gasteiger partial charge in [0.1, 0.15) is 17.5 Å². The van der Waals surface area contributed by atoms with Crippen LogP contribution < -0.4 is 0 Å². The normalized spacial score (nSPS) is 33.6. The second-order valence-electron chi connectivity index (χ2n) is 3.98. The van der Waals surface area contributed by atoms with Crippen molar-refractivity contribution < 1.29 is 9.47 Å². The average Bonchev–Trinajstić information content (AvgIpc) is 2.90. The van der Waals surface area contributed by atoms with Crippen LogP contribution >= 0.6 is 0 Å². The van der Waals surface area contributed by atoms with Crippen LogP contribution in [0.3, 0.4) is 0 Å². The highest BCUT2D eigenvalue weighted by Gasteiger charge is 2.57. The molecule has 1 aliphatic heterocycles. The summed E-state index contributed by atoms with van der Waals surface area (Å²) in [5, 5.41) is 0. The number of hydrogen-bond acceptors (Lipinski definition) is 2. The average molecular weight is 194 g/mol. The third-order valence-corrected chi connectivity index (χ3v) is 2.73. The fourth-order valence-corrected chi connectivity index (χ4v) is 2.01. The van der Waals surface area contributed by atoms with Gasteiger partial charge >= 0.3 is 0 Å². The molecule has 1 aliphatic carbocycles. The SMILES string of the molecule is CCCOC1=CC=CC2(CCC)OC12. The van der Waals surface area contributed by atoms with Crippen molar-refractivity contribution in [2.45, 2.75) is 44.8 Å². The quantitative estimate of drug-likeness (QED) is 0.628. The first-order valence-corrected chi connectivity index (χ1v) is 5.52. The highest BCUT2D eigenvalue weighted by Crippen LogP contribution is 2.48. The van der Waals surface area contributed by atoms with Crippen LogP contribution in [-0.2, 0) is 9.47 Å². The minimum absolute atomic E-state index is 0.00737. The van der Waals surface area contributed by atoms with Crippen molar-refractivity contribution in [2.75, 3.05) is 6.61 Å². The van der Waals surface area contributed by atoms with E-state index in [-0.39, 0.29) is 11.7 Å². The van der Waals surface area contributed by atoms with Crippen molar-refractivity contribution >= 4 is 0 Å². The molecule has 1 heterocycles. The summed E-state index contributed by atoms with van der Waals surface area (Å²) in [6.45, 7) is 5.10. The van der Waals surface area contributed by atoms with Gasteiger partial charge in [0.15, 0.2) is 0 Å². The summed E-state index contributed by atoms with van der Waals surface area (Å²) < 4.78 is 11.4. The van der Waals surface area contributed by atoms with Crippen molar-refractivity contribution in [2.24, 2.45) is 0 Å². The maximum atomic E-state index is 5.74. The summed E-state index contributed by atoms with van der Waals surface area (Å²) in [7, 11) is 0. The van der Waals surface area contributed by atoms with Crippen molar-refractivity contribution in [1.29, 1.82) is 0 Å². The van der Waals surface area contributed by atoms with Gasteiger partial charge in [-0.1, -0.05) is 26.3 Å². The molecule has 1 fully saturated rings. The van der Waals surface area contributed by atoms with Crippen LogP contribution in [0.5, 0.6) is 0 Å². The maximum Gasteiger partial charge on any atom is 0.148 e. The monoisotopic (exact) mass is 194 g/mol. The van der Waals surface area contributed by atoms with Crippen molar-refractivity contribution in [3.05, 3.63) is 24.0 Å². The van der Waals surface area contributed by atoms with Crippen molar-refractivity contribution in [3.63, 3.8) is 0 Å². The van der Waals surface area contributed by atoms with Crippen LogP contribution in [0, 0.1) is 0 Å². The Kier molecular flexibility index (Phi) is 2.64. The van der Waals surface area contributed by atoms with Gasteiger partial charge in [0.25, 0.3) is 0 Å². The summed E-state index contributed by atoms with van der Waals surface area (Å²) in [4.78, 5) is 0. The molecule has 1 saturated heterocycles. The molecular weight excluding hydrogens is 176 g/mol. The van der Waals surface area contributed by atoms with Crippen LogP contribution in [-0.4, -0.2) is 18.3 Å². The first-order chi connectivity index (χ1) is 6.82. The van der Waals surface area contributed by atoms with Gasteiger partial charge in [-0.3, -0.25) is 0 Å². The number of fused-ring (bicyclic) bond motifs is 1. The molecule has 2 atom stereocenters. The smallest absolute Gasteiger partial charge is 0.148 e. The molecule has 2 nitrogen and oxygen atoms in total. The summed E-state index contributed by atoms with van der Waals surface area (Å²) in [5.41, 5.74) is -0.00737. The second-order valence-corrected chi connectivity index (χ2v) is 3.98. The number of epoxide rings is 1. The lowest BCUT2D eigenvalue weighted by Crippen LogP contribution is -2.17. The largest absolute Gasteiger partial charge is 0.495 e. The third-order valence-electron chi connectivity index (χ3n) is 2.73. The van der Waals surface area contributed by atoms with E-state index in [1.54, 1.807) is 0 Å². The van der Waals surface area contributed by atoms with Crippen molar-refractivity contribution in [3.8, 4) is 0 Å². The summed E-state index contributed by atoms with van der Waals surface area (Å²) >= 11 is 0. The Morgan fingerprint density at radius 3 is 3.00 bits per heavy atom. The van der Waals surface area contributed by atoms with E-state index in [2.05, 4.69) is 26.0 Å². The van der Waals surface area contributed by atoms with E-state index in [9.17, 15) is 0 Å². The van der Waals surface area contributed by atoms with Gasteiger partial charge in [-0.25, -0.2) is 0 Å². The lowest BCUT2D eigenvalue weighted by molar-refractivity contribution is 0.187. The minimum atomic E-state index is -0.00737. The van der Waals surface area contributed by atoms with E-state index < -0.39 is 0 Å². The molecule has 0 aromatic carbocycles. The minimum Gasteiger partial charge on any atom is -0.495 e. The molecule has 0 N–H and O–H groups in total. The Hall–Kier alpha value is -0.760. The predicted octanol–water partition coefficient (Wildman–Crippen LogP) is 2.80. The first kappa shape index (κ1) is 9.78. The molecular formula is C12H18O2. The van der Waals surface area contributed by atoms with Gasteiger partial charge in [0.2, 0.25) is 0 Å². The third kappa shape index (κ3) is 1.59. The van der Waals surface area contributed by atoms with Crippen LogP contribution in [0.25, 0.3) is 0 Å². The molecule has 0 saturated carbocycles. The molecule has 0 radical (unpaired) electrons. The van der Waals surface area contributed by atoms with Gasteiger partial charge in [-0.2, -0.15) is 0 Å². The Balaban J connectivity index is 1.96. The molecule has 78 valence electrons. The second kappa shape index (κ2) is 3.77. The Morgan fingerprint density at radius 1 is 1.43 bits per heavy atom. The zero-order valence-electron chi connectivity index (χ0n) is 8.95. The summed E-state index contributed by atoms with van der Waals surface area (Å²) in [6.07, 6.45) is 9.77. The number of allylic oxidation sites excluding steroid dienone is 2. The van der Waals surface area contributed by atoms with Gasteiger partial charge in [-0.15, -0.1) is 0 Å². The molecule has 2 aliphatic rings. The van der Waals surface area contributed by atoms with E-state index in [1.807, 2.05) is 6.08 Å². The van der Waals surface area contributed by atoms with Gasteiger partial charge < -0.3 is 9.47 Å². The molecule has 14 heavy (non-hydrogen) atoms. The molecule has 0 spiro atoms. The van der Waals surface area contributed by atoms with Crippen LogP contribution in [0.1, 0.15) is 33.1 Å². The number of hydrogen-bond donors (Lipinski definition) is 0.